The first-order chi connectivity index (χ1) is 38.4. The smallest absolute Gasteiger partial charge is 0.254 e. The second-order valence-electron chi connectivity index (χ2n) is 19.3. The first kappa shape index (κ1) is 58.7. The molecule has 0 fully saturated rings. The summed E-state index contributed by atoms with van der Waals surface area (Å²) < 4.78 is 4.97. The Hall–Kier alpha value is -9.97. The normalized spacial score (nSPS) is 11.9. The van der Waals surface area contributed by atoms with Crippen molar-refractivity contribution in [3.8, 4) is 17.8 Å². The van der Waals surface area contributed by atoms with Crippen molar-refractivity contribution >= 4 is 81.3 Å². The van der Waals surface area contributed by atoms with Crippen LogP contribution in [0, 0.1) is 55.4 Å². The van der Waals surface area contributed by atoms with Crippen molar-refractivity contribution in [2.24, 2.45) is 17.2 Å². The van der Waals surface area contributed by atoms with Gasteiger partial charge in [-0.3, -0.25) is 14.4 Å². The highest BCUT2D eigenvalue weighted by atomic mass is 35.5. The molecule has 0 aliphatic carbocycles. The average Bonchev–Trinajstić information content (AvgIpc) is 4.31. The van der Waals surface area contributed by atoms with Gasteiger partial charge in [-0.1, -0.05) is 47.0 Å². The van der Waals surface area contributed by atoms with Crippen molar-refractivity contribution in [1.29, 1.82) is 0 Å². The van der Waals surface area contributed by atoms with Crippen LogP contribution >= 0.6 is 11.6 Å². The third-order valence-corrected chi connectivity index (χ3v) is 12.1. The number of nitrogens with zero attached hydrogens (tertiary/aromatic N) is 12. The lowest BCUT2D eigenvalue weighted by Crippen LogP contribution is -2.33. The van der Waals surface area contributed by atoms with Crippen molar-refractivity contribution in [3.63, 3.8) is 0 Å². The largest absolute Gasteiger partial charge is 0.368 e. The van der Waals surface area contributed by atoms with E-state index < -0.39 is 35.8 Å². The van der Waals surface area contributed by atoms with Gasteiger partial charge in [0, 0.05) is 57.4 Å². The molecule has 12 N–H and O–H groups in total. The summed E-state index contributed by atoms with van der Waals surface area (Å²) in [5.41, 5.74) is 26.3. The predicted octanol–water partition coefficient (Wildman–Crippen LogP) is 8.20. The summed E-state index contributed by atoms with van der Waals surface area (Å²) in [5.74, 6) is 2.88. The Kier molecular flexibility index (Phi) is 18.9. The number of rotatable bonds is 18. The second-order valence-corrected chi connectivity index (χ2v) is 19.7. The van der Waals surface area contributed by atoms with Crippen molar-refractivity contribution in [2.75, 3.05) is 31.9 Å². The maximum absolute atomic E-state index is 11.4. The molecule has 3 amide bonds. The van der Waals surface area contributed by atoms with Gasteiger partial charge in [-0.25, -0.2) is 14.0 Å². The van der Waals surface area contributed by atoms with E-state index in [1.165, 1.54) is 11.1 Å². The molecular weight excluding hydrogens is 1050 g/mol. The molecule has 0 saturated heterocycles. The number of nitrogens with two attached hydrogens (primary N) is 3. The molecule has 0 aliphatic rings. The lowest BCUT2D eigenvalue weighted by atomic mass is 10.2. The Balaban J connectivity index is 0.000000175. The molecule has 1 unspecified atom stereocenters. The average molecular weight is 1120 g/mol. The number of anilines is 9. The monoisotopic (exact) mass is 1120 g/mol. The van der Waals surface area contributed by atoms with Crippen molar-refractivity contribution in [1.82, 2.24) is 59.2 Å². The highest BCUT2D eigenvalue weighted by Gasteiger charge is 2.18. The van der Waals surface area contributed by atoms with Gasteiger partial charge in [0.2, 0.25) is 17.7 Å². The number of primary amides is 3. The molecular formula is C56H66ClN21O3. The fourth-order valence-electron chi connectivity index (χ4n) is 7.63. The fourth-order valence-corrected chi connectivity index (χ4v) is 7.75. The van der Waals surface area contributed by atoms with Crippen LogP contribution in [0.15, 0.2) is 109 Å². The number of hydrogen-bond acceptors (Lipinski definition) is 18. The highest BCUT2D eigenvalue weighted by Crippen LogP contribution is 2.25. The highest BCUT2D eigenvalue weighted by molar-refractivity contribution is 6.30. The van der Waals surface area contributed by atoms with Crippen LogP contribution in [0.3, 0.4) is 0 Å². The van der Waals surface area contributed by atoms with Gasteiger partial charge in [0.15, 0.2) is 0 Å². The molecule has 0 saturated carbocycles. The van der Waals surface area contributed by atoms with E-state index in [-0.39, 0.29) is 0 Å². The van der Waals surface area contributed by atoms with E-state index in [0.29, 0.717) is 57.8 Å². The molecule has 9 aromatic rings. The van der Waals surface area contributed by atoms with Gasteiger partial charge in [-0.15, -0.1) is 0 Å². The maximum Gasteiger partial charge on any atom is 0.254 e. The van der Waals surface area contributed by atoms with E-state index in [0.717, 1.165) is 51.2 Å². The summed E-state index contributed by atoms with van der Waals surface area (Å²) in [6.07, 6.45) is 0. The van der Waals surface area contributed by atoms with Crippen LogP contribution in [0.4, 0.5) is 52.0 Å². The van der Waals surface area contributed by atoms with Crippen LogP contribution in [0.25, 0.3) is 17.8 Å². The Labute approximate surface area is 473 Å². The minimum absolute atomic E-state index is 0.374. The maximum atomic E-state index is 11.4. The number of aromatic nitrogens is 12. The summed E-state index contributed by atoms with van der Waals surface area (Å²) >= 11 is 5.93. The van der Waals surface area contributed by atoms with E-state index in [2.05, 4.69) is 77.1 Å². The topological polar surface area (TPSA) is 332 Å². The number of benzene rings is 3. The van der Waals surface area contributed by atoms with Gasteiger partial charge in [0.1, 0.15) is 53.0 Å². The van der Waals surface area contributed by atoms with Gasteiger partial charge in [-0.05, 0) is 143 Å². The first-order valence-corrected chi connectivity index (χ1v) is 26.0. The molecule has 0 aliphatic heterocycles. The summed E-state index contributed by atoms with van der Waals surface area (Å²) in [4.78, 5) is 61.3. The first-order valence-electron chi connectivity index (χ1n) is 25.6. The number of nitrogens with one attached hydrogen (secondary N) is 6. The molecule has 25 heteroatoms. The number of aryl methyl sites for hydroxylation is 8. The van der Waals surface area contributed by atoms with Gasteiger partial charge in [0.25, 0.3) is 17.8 Å². The molecule has 0 bridgehead atoms. The molecule has 6 heterocycles. The molecule has 24 nitrogen and oxygen atoms in total. The number of halogens is 1. The van der Waals surface area contributed by atoms with Crippen LogP contribution < -0.4 is 49.1 Å². The Bertz CT molecular complexity index is 3270. The van der Waals surface area contributed by atoms with Gasteiger partial charge in [0.05, 0.1) is 17.1 Å². The van der Waals surface area contributed by atoms with E-state index in [1.807, 2.05) is 134 Å². The molecule has 6 aromatic heterocycles. The molecule has 0 spiro atoms. The number of hydrogen-bond donors (Lipinski definition) is 9. The lowest BCUT2D eigenvalue weighted by molar-refractivity contribution is -0.119. The van der Waals surface area contributed by atoms with Crippen LogP contribution in [0.5, 0.6) is 0 Å². The van der Waals surface area contributed by atoms with Gasteiger partial charge < -0.3 is 49.1 Å². The van der Waals surface area contributed by atoms with Crippen molar-refractivity contribution < 1.29 is 14.4 Å². The Morgan fingerprint density at radius 2 is 0.642 bits per heavy atom. The molecule has 0 radical (unpaired) electrons. The molecule has 3 aromatic carbocycles. The zero-order valence-electron chi connectivity index (χ0n) is 46.8. The summed E-state index contributed by atoms with van der Waals surface area (Å²) in [7, 11) is 0. The third-order valence-electron chi connectivity index (χ3n) is 11.9. The van der Waals surface area contributed by atoms with Crippen LogP contribution in [-0.4, -0.2) is 95.1 Å². The zero-order valence-corrected chi connectivity index (χ0v) is 47.6. The van der Waals surface area contributed by atoms with E-state index in [9.17, 15) is 14.4 Å². The van der Waals surface area contributed by atoms with Gasteiger partial charge in [-0.2, -0.15) is 45.2 Å². The quantitative estimate of drug-likeness (QED) is 0.0391. The third kappa shape index (κ3) is 16.5. The van der Waals surface area contributed by atoms with Crippen molar-refractivity contribution in [2.45, 2.75) is 94.3 Å². The summed E-state index contributed by atoms with van der Waals surface area (Å²) in [6, 6.07) is 32.4. The lowest BCUT2D eigenvalue weighted by Gasteiger charge is -2.14. The van der Waals surface area contributed by atoms with Crippen LogP contribution in [-0.2, 0) is 14.4 Å². The minimum Gasteiger partial charge on any atom is -0.368 e. The molecule has 81 heavy (non-hydrogen) atoms. The SMILES string of the molecule is Cc1cc(C)n(-c2nc(Nc3ccc(Cl)cc3)cc(NC(C)C(N)=O)n2)n1.Cc1ccc(Nc2cc(N[C@@H](C)C(N)=O)nc(-n3nc(C)cc3C)n2)cc1.Cc1ccc(Nc2cc(N[C@H](C)C(N)=O)nc(-n3nc(C)cc3C)n2)cc1. The molecule has 420 valence electrons. The van der Waals surface area contributed by atoms with E-state index >= 15 is 0 Å². The number of carbonyl (C=O) groups is 3. The summed E-state index contributed by atoms with van der Waals surface area (Å²) in [5, 5.41) is 32.7. The second kappa shape index (κ2) is 26.1. The molecule has 3 atom stereocenters. The van der Waals surface area contributed by atoms with Crippen LogP contribution in [0.2, 0.25) is 5.02 Å². The Morgan fingerprint density at radius 1 is 0.395 bits per heavy atom. The Morgan fingerprint density at radius 3 is 0.877 bits per heavy atom. The fraction of sp³-hybridized carbons (Fsp3) is 0.250. The molecule has 9 rings (SSSR count). The van der Waals surface area contributed by atoms with E-state index in [4.69, 9.17) is 28.8 Å². The van der Waals surface area contributed by atoms with Crippen LogP contribution in [0.1, 0.15) is 66.1 Å². The van der Waals surface area contributed by atoms with E-state index in [1.54, 1.807) is 65.1 Å². The number of amides is 3. The minimum atomic E-state index is -0.586. The summed E-state index contributed by atoms with van der Waals surface area (Å²) in [6.45, 7) is 20.6. The van der Waals surface area contributed by atoms with Gasteiger partial charge >= 0.3 is 0 Å². The standard InChI is InChI=1S/2C19H23N7O.C18H20ClN7O/c2*1-11-5-7-15(8-6-11)22-17-10-16(21-14(4)18(20)27)23-19(24-17)26-13(3)9-12(2)25-26;1-10-8-11(2)26(25-10)18-23-15(21-12(3)17(20)27)9-16(24-18)22-14-6-4-13(19)5-7-14/h2*5-10,14H,1-4H3,(H2,20,27)(H2,21,22,23,24);4-9,12H,1-3H3,(H2,20,27)(H2,21,22,23,24)/t2*14-;/m10./s1. The number of carbonyl (C=O) groups excluding carboxylic acids is 3. The predicted molar refractivity (Wildman–Crippen MR) is 316 cm³/mol. The zero-order chi connectivity index (χ0) is 58.7. The van der Waals surface area contributed by atoms with Crippen molar-refractivity contribution in [3.05, 3.63) is 160 Å².